The van der Waals surface area contributed by atoms with Gasteiger partial charge in [-0.3, -0.25) is 0 Å². The number of nitrogens with zero attached hydrogens (tertiary/aromatic N) is 6. The molecule has 1 heterocycles. The lowest BCUT2D eigenvalue weighted by Crippen LogP contribution is -2.31. The van der Waals surface area contributed by atoms with Crippen LogP contribution in [0.25, 0.3) is 0 Å². The minimum Gasteiger partial charge on any atom is -0.374 e. The fourth-order valence-electron chi connectivity index (χ4n) is 1.07. The lowest BCUT2D eigenvalue weighted by atomic mass is 10.5. The second kappa shape index (κ2) is 5.13. The van der Waals surface area contributed by atoms with Gasteiger partial charge in [0.15, 0.2) is 0 Å². The quantitative estimate of drug-likeness (QED) is 0.729. The highest BCUT2D eigenvalue weighted by molar-refractivity contribution is 5.44. The molecule has 0 spiro atoms. The summed E-state index contributed by atoms with van der Waals surface area (Å²) in [6.45, 7) is 1.66. The molecule has 96 valence electrons. The zero-order chi connectivity index (χ0) is 13.2. The van der Waals surface area contributed by atoms with Crippen molar-refractivity contribution in [1.29, 1.82) is 0 Å². The van der Waals surface area contributed by atoms with Gasteiger partial charge in [-0.2, -0.15) is 15.0 Å². The molecule has 0 radical (unpaired) electrons. The van der Waals surface area contributed by atoms with Crippen LogP contribution in [0.4, 0.5) is 17.8 Å². The molecule has 7 nitrogen and oxygen atoms in total. The van der Waals surface area contributed by atoms with Gasteiger partial charge in [-0.25, -0.2) is 0 Å². The van der Waals surface area contributed by atoms with Crippen molar-refractivity contribution in [3.05, 3.63) is 0 Å². The lowest BCUT2D eigenvalue weighted by molar-refractivity contribution is 0.193. The van der Waals surface area contributed by atoms with E-state index in [0.717, 1.165) is 0 Å². The first kappa shape index (κ1) is 13.4. The predicted molar refractivity (Wildman–Crippen MR) is 68.6 cm³/mol. The van der Waals surface area contributed by atoms with E-state index in [1.807, 2.05) is 28.2 Å². The molecule has 1 aromatic heterocycles. The van der Waals surface area contributed by atoms with E-state index < -0.39 is 6.23 Å². The van der Waals surface area contributed by atoms with Gasteiger partial charge >= 0.3 is 0 Å². The molecule has 0 saturated heterocycles. The molecule has 0 aliphatic carbocycles. The van der Waals surface area contributed by atoms with Crippen LogP contribution in [-0.2, 0) is 0 Å². The summed E-state index contributed by atoms with van der Waals surface area (Å²) < 4.78 is 0. The molecule has 17 heavy (non-hydrogen) atoms. The van der Waals surface area contributed by atoms with Gasteiger partial charge in [-0.1, -0.05) is 0 Å². The summed E-state index contributed by atoms with van der Waals surface area (Å²) in [6.07, 6.45) is -0.651. The number of hydrogen-bond donors (Lipinski definition) is 1. The number of aliphatic hydroxyl groups excluding tert-OH is 1. The van der Waals surface area contributed by atoms with Gasteiger partial charge in [0.25, 0.3) is 0 Å². The van der Waals surface area contributed by atoms with E-state index >= 15 is 0 Å². The van der Waals surface area contributed by atoms with Crippen LogP contribution < -0.4 is 14.7 Å². The Labute approximate surface area is 102 Å². The van der Waals surface area contributed by atoms with E-state index in [1.54, 1.807) is 28.7 Å². The van der Waals surface area contributed by atoms with E-state index in [4.69, 9.17) is 0 Å². The molecule has 0 fully saturated rings. The molecule has 0 saturated carbocycles. The molecule has 0 aromatic carbocycles. The maximum absolute atomic E-state index is 9.53. The maximum Gasteiger partial charge on any atom is 0.233 e. The predicted octanol–water partition coefficient (Wildman–Crippen LogP) is -0.222. The second-order valence-corrected chi connectivity index (χ2v) is 4.27. The first-order valence-electron chi connectivity index (χ1n) is 5.34. The van der Waals surface area contributed by atoms with Gasteiger partial charge in [0.2, 0.25) is 17.8 Å². The SMILES string of the molecule is CC(O)N(C)c1nc(N(C)C)nc(N(C)C)n1. The zero-order valence-electron chi connectivity index (χ0n) is 11.2. The average molecular weight is 240 g/mol. The molecule has 1 rings (SSSR count). The Bertz CT molecular complexity index is 353. The van der Waals surface area contributed by atoms with Crippen LogP contribution in [0.3, 0.4) is 0 Å². The topological polar surface area (TPSA) is 68.6 Å². The van der Waals surface area contributed by atoms with E-state index in [2.05, 4.69) is 15.0 Å². The number of aromatic nitrogens is 3. The lowest BCUT2D eigenvalue weighted by Gasteiger charge is -2.23. The van der Waals surface area contributed by atoms with Gasteiger partial charge in [0.1, 0.15) is 6.23 Å². The van der Waals surface area contributed by atoms with E-state index in [1.165, 1.54) is 0 Å². The third-order valence-corrected chi connectivity index (χ3v) is 2.28. The van der Waals surface area contributed by atoms with Crippen molar-refractivity contribution >= 4 is 17.8 Å². The third-order valence-electron chi connectivity index (χ3n) is 2.28. The number of aliphatic hydroxyl groups is 1. The minimum atomic E-state index is -0.651. The Hall–Kier alpha value is -1.63. The summed E-state index contributed by atoms with van der Waals surface area (Å²) in [7, 11) is 9.18. The van der Waals surface area contributed by atoms with Gasteiger partial charge in [0.05, 0.1) is 0 Å². The highest BCUT2D eigenvalue weighted by Crippen LogP contribution is 2.16. The van der Waals surface area contributed by atoms with Crippen molar-refractivity contribution in [2.45, 2.75) is 13.2 Å². The smallest absolute Gasteiger partial charge is 0.233 e. The Balaban J connectivity index is 3.21. The summed E-state index contributed by atoms with van der Waals surface area (Å²) in [4.78, 5) is 18.0. The summed E-state index contributed by atoms with van der Waals surface area (Å²) in [5.74, 6) is 1.57. The van der Waals surface area contributed by atoms with E-state index in [9.17, 15) is 5.11 Å². The van der Waals surface area contributed by atoms with Gasteiger partial charge < -0.3 is 19.8 Å². The number of rotatable bonds is 4. The Morgan fingerprint density at radius 1 is 0.824 bits per heavy atom. The molecule has 1 aromatic rings. The molecular weight excluding hydrogens is 220 g/mol. The molecule has 7 heteroatoms. The highest BCUT2D eigenvalue weighted by atomic mass is 16.3. The van der Waals surface area contributed by atoms with Crippen LogP contribution in [0.15, 0.2) is 0 Å². The van der Waals surface area contributed by atoms with Crippen LogP contribution >= 0.6 is 0 Å². The summed E-state index contributed by atoms with van der Waals surface area (Å²) >= 11 is 0. The van der Waals surface area contributed by atoms with Gasteiger partial charge in [-0.15, -0.1) is 0 Å². The van der Waals surface area contributed by atoms with Crippen molar-refractivity contribution in [1.82, 2.24) is 15.0 Å². The summed E-state index contributed by atoms with van der Waals surface area (Å²) in [5.41, 5.74) is 0. The Kier molecular flexibility index (Phi) is 4.06. The molecule has 0 aliphatic heterocycles. The van der Waals surface area contributed by atoms with E-state index in [-0.39, 0.29) is 0 Å². The van der Waals surface area contributed by atoms with Crippen LogP contribution in [0.5, 0.6) is 0 Å². The molecule has 1 atom stereocenters. The first-order valence-corrected chi connectivity index (χ1v) is 5.34. The summed E-state index contributed by atoms with van der Waals surface area (Å²) in [6, 6.07) is 0. The molecule has 0 amide bonds. The fourth-order valence-corrected chi connectivity index (χ4v) is 1.07. The Morgan fingerprint density at radius 3 is 1.47 bits per heavy atom. The molecule has 1 N–H and O–H groups in total. The molecule has 0 aliphatic rings. The van der Waals surface area contributed by atoms with Crippen LogP contribution in [-0.4, -0.2) is 61.5 Å². The van der Waals surface area contributed by atoms with Crippen molar-refractivity contribution in [3.63, 3.8) is 0 Å². The first-order chi connectivity index (χ1) is 7.82. The fraction of sp³-hybridized carbons (Fsp3) is 0.700. The van der Waals surface area contributed by atoms with Crippen molar-refractivity contribution in [2.24, 2.45) is 0 Å². The van der Waals surface area contributed by atoms with Gasteiger partial charge in [-0.05, 0) is 6.92 Å². The van der Waals surface area contributed by atoms with Crippen molar-refractivity contribution in [3.8, 4) is 0 Å². The monoisotopic (exact) mass is 240 g/mol. The normalized spacial score (nSPS) is 12.2. The second-order valence-electron chi connectivity index (χ2n) is 4.27. The number of hydrogen-bond acceptors (Lipinski definition) is 7. The summed E-state index contributed by atoms with van der Waals surface area (Å²) in [5, 5.41) is 9.53. The van der Waals surface area contributed by atoms with Gasteiger partial charge in [0, 0.05) is 35.2 Å². The highest BCUT2D eigenvalue weighted by Gasteiger charge is 2.15. The van der Waals surface area contributed by atoms with Crippen LogP contribution in [0.1, 0.15) is 6.92 Å². The minimum absolute atomic E-state index is 0.447. The Morgan fingerprint density at radius 2 is 1.18 bits per heavy atom. The van der Waals surface area contributed by atoms with Crippen LogP contribution in [0, 0.1) is 0 Å². The molecule has 1 unspecified atom stereocenters. The molecular formula is C10H20N6O. The maximum atomic E-state index is 9.53. The standard InChI is InChI=1S/C10H20N6O/c1-7(17)16(6)10-12-8(14(2)3)11-9(13-10)15(4)5/h7,17H,1-6H3. The van der Waals surface area contributed by atoms with Crippen molar-refractivity contribution in [2.75, 3.05) is 49.9 Å². The average Bonchev–Trinajstić information content (AvgIpc) is 2.27. The largest absolute Gasteiger partial charge is 0.374 e. The molecule has 0 bridgehead atoms. The number of anilines is 3. The third kappa shape index (κ3) is 3.16. The van der Waals surface area contributed by atoms with Crippen LogP contribution in [0.2, 0.25) is 0 Å². The zero-order valence-corrected chi connectivity index (χ0v) is 11.2. The van der Waals surface area contributed by atoms with E-state index in [0.29, 0.717) is 17.8 Å². The van der Waals surface area contributed by atoms with Crippen molar-refractivity contribution < 1.29 is 5.11 Å².